The summed E-state index contributed by atoms with van der Waals surface area (Å²) in [5.41, 5.74) is 10.3. The summed E-state index contributed by atoms with van der Waals surface area (Å²) < 4.78 is 20.6. The Morgan fingerprint density at radius 2 is 1.79 bits per heavy atom. The average molecular weight is 584 g/mol. The molecule has 42 heavy (non-hydrogen) atoms. The van der Waals surface area contributed by atoms with Crippen molar-refractivity contribution in [1.29, 1.82) is 0 Å². The van der Waals surface area contributed by atoms with Crippen LogP contribution in [0.25, 0.3) is 6.08 Å². The third-order valence-electron chi connectivity index (χ3n) is 7.10. The van der Waals surface area contributed by atoms with Crippen molar-refractivity contribution >= 4 is 35.2 Å². The highest BCUT2D eigenvalue weighted by Gasteiger charge is 2.37. The Balaban J connectivity index is 1.48. The molecule has 5 rings (SSSR count). The number of ether oxygens (including phenoxy) is 1. The quantitative estimate of drug-likeness (QED) is 0.246. The summed E-state index contributed by atoms with van der Waals surface area (Å²) >= 11 is 6.45. The molecule has 3 N–H and O–H groups in total. The Hall–Kier alpha value is -4.30. The molecule has 0 aliphatic carbocycles. The van der Waals surface area contributed by atoms with Gasteiger partial charge in [-0.25, -0.2) is 4.39 Å². The zero-order valence-corrected chi connectivity index (χ0v) is 23.6. The molecule has 2 amide bonds. The average Bonchev–Trinajstić information content (AvgIpc) is 3.11. The van der Waals surface area contributed by atoms with E-state index in [1.807, 2.05) is 66.7 Å². The third-order valence-corrected chi connectivity index (χ3v) is 7.33. The van der Waals surface area contributed by atoms with E-state index in [-0.39, 0.29) is 25.4 Å². The lowest BCUT2D eigenvalue weighted by molar-refractivity contribution is -0.138. The summed E-state index contributed by atoms with van der Waals surface area (Å²) in [4.78, 5) is 28.8. The van der Waals surface area contributed by atoms with E-state index in [1.54, 1.807) is 41.3 Å². The fraction of sp³-hybridized carbons (Fsp3) is 0.176. The molecule has 0 radical (unpaired) electrons. The number of hydrogen-bond donors (Lipinski definition) is 2. The molecule has 0 aromatic heterocycles. The number of rotatable bonds is 9. The molecule has 0 fully saturated rings. The van der Waals surface area contributed by atoms with Crippen molar-refractivity contribution in [3.63, 3.8) is 0 Å². The van der Waals surface area contributed by atoms with Gasteiger partial charge in [0.2, 0.25) is 5.91 Å². The smallest absolute Gasteiger partial charge is 0.257 e. The number of hydrogen-bond acceptors (Lipinski definition) is 4. The van der Waals surface area contributed by atoms with Crippen molar-refractivity contribution in [2.45, 2.75) is 31.7 Å². The predicted molar refractivity (Wildman–Crippen MR) is 163 cm³/mol. The minimum Gasteiger partial charge on any atom is -0.355 e. The number of amides is 2. The van der Waals surface area contributed by atoms with Crippen molar-refractivity contribution in [2.24, 2.45) is 5.73 Å². The van der Waals surface area contributed by atoms with Gasteiger partial charge in [0.05, 0.1) is 12.1 Å². The normalized spacial score (nSPS) is 16.7. The maximum atomic E-state index is 14.1. The molecule has 4 aromatic carbocycles. The standard InChI is InChI=1S/C34H31ClFN3O3/c35-27-15-16-30-28(19-27)33(25-13-6-10-24(18-25)21-37)42-31(20-32(40)38-22-26-12-4-5-14-29(26)36)34(41)39(30)17-7-11-23-8-2-1-3-9-23/h1-16,18-19,31,33H,17,20-22,37H2,(H,38,40). The van der Waals surface area contributed by atoms with E-state index >= 15 is 0 Å². The first-order chi connectivity index (χ1) is 20.4. The SMILES string of the molecule is NCc1cccc(C2OC(CC(=O)NCc3ccccc3F)C(=O)N(CC=Cc3ccccc3)c3ccc(Cl)cc32)c1. The molecule has 0 bridgehead atoms. The van der Waals surface area contributed by atoms with Gasteiger partial charge < -0.3 is 20.7 Å². The molecular formula is C34H31ClFN3O3. The van der Waals surface area contributed by atoms with Crippen LogP contribution in [0.2, 0.25) is 5.02 Å². The van der Waals surface area contributed by atoms with Gasteiger partial charge in [0.15, 0.2) is 0 Å². The third kappa shape index (κ3) is 6.94. The van der Waals surface area contributed by atoms with Gasteiger partial charge in [-0.15, -0.1) is 0 Å². The molecular weight excluding hydrogens is 553 g/mol. The maximum absolute atomic E-state index is 14.1. The van der Waals surface area contributed by atoms with E-state index in [0.29, 0.717) is 28.4 Å². The summed E-state index contributed by atoms with van der Waals surface area (Å²) in [6.45, 7) is 0.572. The molecule has 8 heteroatoms. The largest absolute Gasteiger partial charge is 0.355 e. The van der Waals surface area contributed by atoms with Gasteiger partial charge in [0, 0.05) is 35.8 Å². The second-order valence-electron chi connectivity index (χ2n) is 9.99. The van der Waals surface area contributed by atoms with Crippen LogP contribution in [-0.2, 0) is 27.4 Å². The van der Waals surface area contributed by atoms with Crippen LogP contribution in [0.3, 0.4) is 0 Å². The summed E-state index contributed by atoms with van der Waals surface area (Å²) in [5.74, 6) is -1.22. The van der Waals surface area contributed by atoms with Gasteiger partial charge in [-0.3, -0.25) is 9.59 Å². The molecule has 0 spiro atoms. The van der Waals surface area contributed by atoms with Crippen LogP contribution in [0.15, 0.2) is 103 Å². The maximum Gasteiger partial charge on any atom is 0.257 e. The molecule has 0 saturated heterocycles. The molecule has 6 nitrogen and oxygen atoms in total. The fourth-order valence-electron chi connectivity index (χ4n) is 4.97. The topological polar surface area (TPSA) is 84.7 Å². The summed E-state index contributed by atoms with van der Waals surface area (Å²) in [6, 6.07) is 28.9. The fourth-order valence-corrected chi connectivity index (χ4v) is 5.15. The van der Waals surface area contributed by atoms with Crippen molar-refractivity contribution in [3.05, 3.63) is 142 Å². The zero-order chi connectivity index (χ0) is 29.5. The molecule has 0 saturated carbocycles. The minimum absolute atomic E-state index is 0.00620. The number of carbonyl (C=O) groups excluding carboxylic acids is 2. The number of fused-ring (bicyclic) bond motifs is 1. The lowest BCUT2D eigenvalue weighted by Crippen LogP contribution is -2.42. The highest BCUT2D eigenvalue weighted by molar-refractivity contribution is 6.30. The molecule has 1 aliphatic rings. The number of nitrogens with zero attached hydrogens (tertiary/aromatic N) is 1. The number of halogens is 2. The second kappa shape index (κ2) is 13.6. The minimum atomic E-state index is -1.12. The second-order valence-corrected chi connectivity index (χ2v) is 10.4. The molecule has 4 aromatic rings. The zero-order valence-electron chi connectivity index (χ0n) is 22.9. The van der Waals surface area contributed by atoms with Crippen LogP contribution in [-0.4, -0.2) is 24.5 Å². The van der Waals surface area contributed by atoms with Gasteiger partial charge in [0.25, 0.3) is 5.91 Å². The Morgan fingerprint density at radius 1 is 1.00 bits per heavy atom. The van der Waals surface area contributed by atoms with E-state index in [4.69, 9.17) is 22.1 Å². The first kappa shape index (κ1) is 29.2. The lowest BCUT2D eigenvalue weighted by atomic mass is 9.97. The van der Waals surface area contributed by atoms with Gasteiger partial charge in [-0.1, -0.05) is 96.5 Å². The van der Waals surface area contributed by atoms with Crippen LogP contribution in [0.1, 0.15) is 40.3 Å². The van der Waals surface area contributed by atoms with Gasteiger partial charge in [-0.2, -0.15) is 0 Å². The number of benzene rings is 4. The predicted octanol–water partition coefficient (Wildman–Crippen LogP) is 6.18. The number of nitrogens with one attached hydrogen (secondary N) is 1. The number of nitrogens with two attached hydrogens (primary N) is 1. The van der Waals surface area contributed by atoms with Crippen molar-refractivity contribution in [3.8, 4) is 0 Å². The van der Waals surface area contributed by atoms with Crippen LogP contribution < -0.4 is 16.0 Å². The first-order valence-corrected chi connectivity index (χ1v) is 14.1. The van der Waals surface area contributed by atoms with Gasteiger partial charge in [0.1, 0.15) is 18.0 Å². The van der Waals surface area contributed by atoms with E-state index in [2.05, 4.69) is 5.32 Å². The summed E-state index contributed by atoms with van der Waals surface area (Å²) in [5, 5.41) is 3.22. The van der Waals surface area contributed by atoms with Crippen LogP contribution in [0, 0.1) is 5.82 Å². The van der Waals surface area contributed by atoms with E-state index in [1.165, 1.54) is 6.07 Å². The van der Waals surface area contributed by atoms with E-state index < -0.39 is 23.9 Å². The molecule has 2 unspecified atom stereocenters. The Labute approximate surface area is 249 Å². The van der Waals surface area contributed by atoms with Crippen molar-refractivity contribution in [2.75, 3.05) is 11.4 Å². The Kier molecular flexibility index (Phi) is 9.44. The van der Waals surface area contributed by atoms with E-state index in [9.17, 15) is 14.0 Å². The number of carbonyl (C=O) groups is 2. The van der Waals surface area contributed by atoms with Crippen LogP contribution in [0.4, 0.5) is 10.1 Å². The molecule has 214 valence electrons. The van der Waals surface area contributed by atoms with Gasteiger partial charge in [-0.05, 0) is 41.0 Å². The van der Waals surface area contributed by atoms with Crippen molar-refractivity contribution in [1.82, 2.24) is 5.32 Å². The highest BCUT2D eigenvalue weighted by atomic mass is 35.5. The van der Waals surface area contributed by atoms with Crippen LogP contribution in [0.5, 0.6) is 0 Å². The Morgan fingerprint density at radius 3 is 2.57 bits per heavy atom. The molecule has 1 heterocycles. The summed E-state index contributed by atoms with van der Waals surface area (Å²) in [7, 11) is 0. The number of anilines is 1. The monoisotopic (exact) mass is 583 g/mol. The van der Waals surface area contributed by atoms with E-state index in [0.717, 1.165) is 16.7 Å². The lowest BCUT2D eigenvalue weighted by Gasteiger charge is -2.24. The first-order valence-electron chi connectivity index (χ1n) is 13.7. The van der Waals surface area contributed by atoms with Gasteiger partial charge >= 0.3 is 0 Å². The summed E-state index contributed by atoms with van der Waals surface area (Å²) in [6.07, 6.45) is 1.78. The molecule has 2 atom stereocenters. The molecule has 1 aliphatic heterocycles. The van der Waals surface area contributed by atoms with Crippen LogP contribution >= 0.6 is 11.6 Å². The highest BCUT2D eigenvalue weighted by Crippen LogP contribution is 2.40. The Bertz CT molecular complexity index is 1590. The van der Waals surface area contributed by atoms with Crippen molar-refractivity contribution < 1.29 is 18.7 Å².